The van der Waals surface area contributed by atoms with Crippen LogP contribution in [0.4, 0.5) is 4.79 Å². The molecule has 3 amide bonds. The molecular weight excluding hydrogens is 354 g/mol. The normalized spacial score (nSPS) is 24.1. The third kappa shape index (κ3) is 2.82. The molecule has 1 saturated heterocycles. The first-order valence-electron chi connectivity index (χ1n) is 9.99. The summed E-state index contributed by atoms with van der Waals surface area (Å²) in [7, 11) is 0. The van der Waals surface area contributed by atoms with Crippen molar-refractivity contribution in [2.75, 3.05) is 0 Å². The molecule has 1 saturated carbocycles. The molecule has 4 rings (SSSR count). The Morgan fingerprint density at radius 2 is 1.93 bits per heavy atom. The van der Waals surface area contributed by atoms with Crippen molar-refractivity contribution in [2.45, 2.75) is 59.0 Å². The molecule has 1 spiro atoms. The van der Waals surface area contributed by atoms with Gasteiger partial charge < -0.3 is 9.73 Å². The lowest BCUT2D eigenvalue weighted by Crippen LogP contribution is -2.58. The van der Waals surface area contributed by atoms with Crippen molar-refractivity contribution in [2.24, 2.45) is 11.8 Å². The Labute approximate surface area is 165 Å². The van der Waals surface area contributed by atoms with Crippen LogP contribution < -0.4 is 5.32 Å². The number of amides is 3. The van der Waals surface area contributed by atoms with Gasteiger partial charge in [0.05, 0.1) is 12.2 Å². The number of benzene rings is 1. The van der Waals surface area contributed by atoms with Gasteiger partial charge in [-0.25, -0.2) is 9.78 Å². The van der Waals surface area contributed by atoms with E-state index in [2.05, 4.69) is 30.2 Å². The summed E-state index contributed by atoms with van der Waals surface area (Å²) in [5.74, 6) is 0.628. The molecule has 2 fully saturated rings. The molecule has 2 atom stereocenters. The predicted molar refractivity (Wildman–Crippen MR) is 105 cm³/mol. The van der Waals surface area contributed by atoms with Crippen LogP contribution in [-0.2, 0) is 11.3 Å². The fraction of sp³-hybridized carbons (Fsp3) is 0.500. The van der Waals surface area contributed by atoms with Crippen LogP contribution in [-0.4, -0.2) is 27.4 Å². The zero-order valence-corrected chi connectivity index (χ0v) is 16.9. The fourth-order valence-corrected chi connectivity index (χ4v) is 4.82. The van der Waals surface area contributed by atoms with Gasteiger partial charge in [-0.2, -0.15) is 0 Å². The standard InChI is InChI=1S/C22H27N3O3/c1-13-8-9-18(14(2)10-13)19-23-17(12-28-19)11-25-20(26)22(24-21(25)27)15(3)6-5-7-16(22)4/h8-10,12,15-16H,5-7,11H2,1-4H3,(H,24,27)/t15-,16-/m0/s1. The maximum Gasteiger partial charge on any atom is 0.325 e. The first-order chi connectivity index (χ1) is 13.3. The Hall–Kier alpha value is -2.63. The van der Waals surface area contributed by atoms with Gasteiger partial charge >= 0.3 is 6.03 Å². The molecule has 6 nitrogen and oxygen atoms in total. The molecule has 2 aromatic rings. The summed E-state index contributed by atoms with van der Waals surface area (Å²) in [6, 6.07) is 5.74. The van der Waals surface area contributed by atoms with Gasteiger partial charge in [-0.15, -0.1) is 0 Å². The lowest BCUT2D eigenvalue weighted by Gasteiger charge is -2.42. The predicted octanol–water partition coefficient (Wildman–Crippen LogP) is 4.21. The number of rotatable bonds is 3. The van der Waals surface area contributed by atoms with E-state index in [-0.39, 0.29) is 30.3 Å². The van der Waals surface area contributed by atoms with Gasteiger partial charge in [0.2, 0.25) is 5.89 Å². The number of carbonyl (C=O) groups is 2. The van der Waals surface area contributed by atoms with Crippen LogP contribution in [0.1, 0.15) is 49.9 Å². The van der Waals surface area contributed by atoms with E-state index in [0.717, 1.165) is 30.4 Å². The van der Waals surface area contributed by atoms with E-state index >= 15 is 0 Å². The summed E-state index contributed by atoms with van der Waals surface area (Å²) in [6.45, 7) is 8.30. The van der Waals surface area contributed by atoms with E-state index in [9.17, 15) is 9.59 Å². The highest BCUT2D eigenvalue weighted by molar-refractivity contribution is 6.07. The summed E-state index contributed by atoms with van der Waals surface area (Å²) in [6.07, 6.45) is 4.53. The van der Waals surface area contributed by atoms with Crippen molar-refractivity contribution in [3.63, 3.8) is 0 Å². The molecular formula is C22H27N3O3. The van der Waals surface area contributed by atoms with Crippen molar-refractivity contribution in [3.05, 3.63) is 41.3 Å². The Balaban J connectivity index is 1.57. The molecule has 2 aliphatic rings. The molecule has 1 aromatic carbocycles. The van der Waals surface area contributed by atoms with Gasteiger partial charge in [0.15, 0.2) is 0 Å². The van der Waals surface area contributed by atoms with Gasteiger partial charge in [0.25, 0.3) is 5.91 Å². The lowest BCUT2D eigenvalue weighted by molar-refractivity contribution is -0.137. The van der Waals surface area contributed by atoms with Gasteiger partial charge in [-0.3, -0.25) is 9.69 Å². The van der Waals surface area contributed by atoms with Gasteiger partial charge in [-0.05, 0) is 50.2 Å². The van der Waals surface area contributed by atoms with Gasteiger partial charge in [0, 0.05) is 5.56 Å². The second kappa shape index (κ2) is 6.76. The smallest absolute Gasteiger partial charge is 0.325 e. The monoisotopic (exact) mass is 381 g/mol. The largest absolute Gasteiger partial charge is 0.444 e. The lowest BCUT2D eigenvalue weighted by atomic mass is 9.67. The quantitative estimate of drug-likeness (QED) is 0.808. The first kappa shape index (κ1) is 18.7. The number of aromatic nitrogens is 1. The second-order valence-electron chi connectivity index (χ2n) is 8.39. The van der Waals surface area contributed by atoms with Crippen molar-refractivity contribution in [1.29, 1.82) is 0 Å². The van der Waals surface area contributed by atoms with Crippen molar-refractivity contribution < 1.29 is 14.0 Å². The fourth-order valence-electron chi connectivity index (χ4n) is 4.82. The highest BCUT2D eigenvalue weighted by atomic mass is 16.3. The van der Waals surface area contributed by atoms with Gasteiger partial charge in [0.1, 0.15) is 11.8 Å². The van der Waals surface area contributed by atoms with Crippen LogP contribution in [0, 0.1) is 25.7 Å². The number of oxazole rings is 1. The van der Waals surface area contributed by atoms with Crippen LogP contribution in [0.3, 0.4) is 0 Å². The third-order valence-electron chi connectivity index (χ3n) is 6.47. The Morgan fingerprint density at radius 1 is 1.21 bits per heavy atom. The maximum atomic E-state index is 13.3. The Morgan fingerprint density at radius 3 is 2.61 bits per heavy atom. The van der Waals surface area contributed by atoms with E-state index < -0.39 is 5.54 Å². The molecule has 0 bridgehead atoms. The summed E-state index contributed by atoms with van der Waals surface area (Å²) in [4.78, 5) is 31.8. The number of imide groups is 1. The van der Waals surface area contributed by atoms with E-state index in [1.807, 2.05) is 26.0 Å². The van der Waals surface area contributed by atoms with Crippen molar-refractivity contribution in [1.82, 2.24) is 15.2 Å². The van der Waals surface area contributed by atoms with Crippen molar-refractivity contribution in [3.8, 4) is 11.5 Å². The second-order valence-corrected chi connectivity index (χ2v) is 8.39. The third-order valence-corrected chi connectivity index (χ3v) is 6.47. The number of nitrogens with one attached hydrogen (secondary N) is 1. The van der Waals surface area contributed by atoms with Crippen LogP contribution in [0.5, 0.6) is 0 Å². The Bertz CT molecular complexity index is 923. The van der Waals surface area contributed by atoms with Crippen molar-refractivity contribution >= 4 is 11.9 Å². The molecule has 148 valence electrons. The highest BCUT2D eigenvalue weighted by Crippen LogP contribution is 2.42. The molecule has 0 unspecified atom stereocenters. The average Bonchev–Trinajstić information content (AvgIpc) is 3.19. The SMILES string of the molecule is Cc1ccc(-c2nc(CN3C(=O)NC4(C3=O)[C@@H](C)CCC[C@@H]4C)co2)c(C)c1. The molecule has 1 aromatic heterocycles. The average molecular weight is 381 g/mol. The van der Waals surface area contributed by atoms with E-state index in [0.29, 0.717) is 11.6 Å². The highest BCUT2D eigenvalue weighted by Gasteiger charge is 2.58. The van der Waals surface area contributed by atoms with Crippen LogP contribution in [0.15, 0.2) is 28.9 Å². The van der Waals surface area contributed by atoms with Crippen LogP contribution in [0.25, 0.3) is 11.5 Å². The zero-order valence-electron chi connectivity index (χ0n) is 16.9. The first-order valence-corrected chi connectivity index (χ1v) is 9.99. The molecule has 1 aliphatic carbocycles. The van der Waals surface area contributed by atoms with Gasteiger partial charge in [-0.1, -0.05) is 38.0 Å². The summed E-state index contributed by atoms with van der Waals surface area (Å²) in [5.41, 5.74) is 2.96. The minimum Gasteiger partial charge on any atom is -0.444 e. The topological polar surface area (TPSA) is 75.4 Å². The molecule has 1 N–H and O–H groups in total. The zero-order chi connectivity index (χ0) is 20.1. The number of nitrogens with zero attached hydrogens (tertiary/aromatic N) is 2. The number of aryl methyl sites for hydroxylation is 2. The Kier molecular flexibility index (Phi) is 4.52. The van der Waals surface area contributed by atoms with Crippen LogP contribution >= 0.6 is 0 Å². The molecule has 1 aliphatic heterocycles. The van der Waals surface area contributed by atoms with Crippen LogP contribution in [0.2, 0.25) is 0 Å². The van der Waals surface area contributed by atoms with E-state index in [1.54, 1.807) is 0 Å². The molecule has 2 heterocycles. The minimum absolute atomic E-state index is 0.125. The van der Waals surface area contributed by atoms with E-state index in [4.69, 9.17) is 4.42 Å². The summed E-state index contributed by atoms with van der Waals surface area (Å²) < 4.78 is 5.65. The molecule has 28 heavy (non-hydrogen) atoms. The minimum atomic E-state index is -0.782. The molecule has 0 radical (unpaired) electrons. The molecule has 6 heteroatoms. The number of carbonyl (C=O) groups excluding carboxylic acids is 2. The summed E-state index contributed by atoms with van der Waals surface area (Å²) >= 11 is 0. The number of hydrogen-bond acceptors (Lipinski definition) is 4. The van der Waals surface area contributed by atoms with E-state index in [1.165, 1.54) is 16.7 Å². The maximum absolute atomic E-state index is 13.3. The summed E-state index contributed by atoms with van der Waals surface area (Å²) in [5, 5.41) is 3.02. The number of urea groups is 1. The number of hydrogen-bond donors (Lipinski definition) is 1.